The van der Waals surface area contributed by atoms with E-state index in [1.807, 2.05) is 18.2 Å². The van der Waals surface area contributed by atoms with Crippen molar-refractivity contribution in [3.05, 3.63) is 33.8 Å². The summed E-state index contributed by atoms with van der Waals surface area (Å²) in [6.07, 6.45) is 2.54. The highest BCUT2D eigenvalue weighted by molar-refractivity contribution is 6.42. The van der Waals surface area contributed by atoms with E-state index in [4.69, 9.17) is 23.2 Å². The van der Waals surface area contributed by atoms with Crippen LogP contribution in [0.4, 0.5) is 0 Å². The Hall–Kier alpha value is 0.01000. The number of nitrogens with zero attached hydrogens (tertiary/aromatic N) is 1. The summed E-state index contributed by atoms with van der Waals surface area (Å²) in [5.41, 5.74) is 1.11. The second-order valence-corrected chi connectivity index (χ2v) is 5.89. The van der Waals surface area contributed by atoms with Crippen LogP contribution in [0.15, 0.2) is 18.2 Å². The minimum absolute atomic E-state index is 0. The van der Waals surface area contributed by atoms with Crippen LogP contribution in [0, 0.1) is 5.92 Å². The van der Waals surface area contributed by atoms with Crippen LogP contribution in [0.5, 0.6) is 0 Å². The number of hydrogen-bond acceptors (Lipinski definition) is 2. The first-order chi connectivity index (χ1) is 8.66. The average Bonchev–Trinajstić information content (AvgIpc) is 2.36. The van der Waals surface area contributed by atoms with E-state index >= 15 is 0 Å². The number of benzene rings is 1. The molecule has 0 radical (unpaired) electrons. The van der Waals surface area contributed by atoms with Gasteiger partial charge in [-0.05, 0) is 50.5 Å². The van der Waals surface area contributed by atoms with E-state index in [-0.39, 0.29) is 12.4 Å². The molecular weight excluding hydrogens is 303 g/mol. The molecular formula is C14H21Cl3N2. The Labute approximate surface area is 131 Å². The van der Waals surface area contributed by atoms with Crippen LogP contribution in [0.3, 0.4) is 0 Å². The van der Waals surface area contributed by atoms with Crippen molar-refractivity contribution in [1.82, 2.24) is 10.2 Å². The molecule has 0 amide bonds. The predicted octanol–water partition coefficient (Wildman–Crippen LogP) is 3.85. The van der Waals surface area contributed by atoms with Gasteiger partial charge >= 0.3 is 0 Å². The van der Waals surface area contributed by atoms with Gasteiger partial charge in [0.2, 0.25) is 0 Å². The third-order valence-electron chi connectivity index (χ3n) is 3.50. The van der Waals surface area contributed by atoms with Gasteiger partial charge in [0, 0.05) is 13.1 Å². The van der Waals surface area contributed by atoms with Crippen molar-refractivity contribution in [3.63, 3.8) is 0 Å². The van der Waals surface area contributed by atoms with E-state index in [1.54, 1.807) is 0 Å². The van der Waals surface area contributed by atoms with Gasteiger partial charge in [-0.3, -0.25) is 0 Å². The molecule has 19 heavy (non-hydrogen) atoms. The van der Waals surface area contributed by atoms with Crippen molar-refractivity contribution < 1.29 is 0 Å². The average molecular weight is 324 g/mol. The molecule has 0 atom stereocenters. The summed E-state index contributed by atoms with van der Waals surface area (Å²) in [6.45, 7) is 4.29. The molecule has 0 bridgehead atoms. The van der Waals surface area contributed by atoms with Crippen LogP contribution < -0.4 is 5.32 Å². The number of piperidine rings is 1. The Kier molecular flexibility index (Phi) is 7.48. The summed E-state index contributed by atoms with van der Waals surface area (Å²) >= 11 is 12.2. The molecule has 0 saturated carbocycles. The van der Waals surface area contributed by atoms with Crippen molar-refractivity contribution in [1.29, 1.82) is 0 Å². The van der Waals surface area contributed by atoms with Gasteiger partial charge in [-0.1, -0.05) is 35.3 Å². The molecule has 1 heterocycles. The van der Waals surface area contributed by atoms with E-state index < -0.39 is 0 Å². The molecule has 5 heteroatoms. The molecule has 2 nitrogen and oxygen atoms in total. The number of rotatable bonds is 4. The molecule has 0 unspecified atom stereocenters. The molecule has 1 aromatic carbocycles. The fraction of sp³-hybridized carbons (Fsp3) is 0.571. The monoisotopic (exact) mass is 322 g/mol. The molecule has 0 spiro atoms. The van der Waals surface area contributed by atoms with Crippen LogP contribution in [-0.4, -0.2) is 31.6 Å². The normalized spacial score (nSPS) is 16.4. The molecule has 2 rings (SSSR count). The van der Waals surface area contributed by atoms with Crippen LogP contribution in [0.2, 0.25) is 10.0 Å². The van der Waals surface area contributed by atoms with Gasteiger partial charge in [0.25, 0.3) is 0 Å². The van der Waals surface area contributed by atoms with Gasteiger partial charge in [0.15, 0.2) is 0 Å². The van der Waals surface area contributed by atoms with E-state index in [1.165, 1.54) is 12.8 Å². The summed E-state index contributed by atoms with van der Waals surface area (Å²) in [5, 5.41) is 4.73. The van der Waals surface area contributed by atoms with Crippen LogP contribution >= 0.6 is 35.6 Å². The zero-order valence-corrected chi connectivity index (χ0v) is 13.5. The molecule has 1 aliphatic rings. The quantitative estimate of drug-likeness (QED) is 0.905. The van der Waals surface area contributed by atoms with Crippen molar-refractivity contribution in [3.8, 4) is 0 Å². The minimum atomic E-state index is 0. The molecule has 108 valence electrons. The molecule has 0 aromatic heterocycles. The fourth-order valence-electron chi connectivity index (χ4n) is 2.53. The van der Waals surface area contributed by atoms with Gasteiger partial charge in [0.1, 0.15) is 0 Å². The van der Waals surface area contributed by atoms with Gasteiger partial charge in [-0.2, -0.15) is 0 Å². The summed E-state index contributed by atoms with van der Waals surface area (Å²) in [6, 6.07) is 5.84. The fourth-order valence-corrected chi connectivity index (χ4v) is 2.91. The van der Waals surface area contributed by atoms with E-state index in [2.05, 4.69) is 17.3 Å². The summed E-state index contributed by atoms with van der Waals surface area (Å²) in [5.74, 6) is 0.800. The van der Waals surface area contributed by atoms with Gasteiger partial charge in [0.05, 0.1) is 10.0 Å². The Morgan fingerprint density at radius 3 is 2.63 bits per heavy atom. The number of halogens is 3. The first-order valence-corrected chi connectivity index (χ1v) is 7.24. The van der Waals surface area contributed by atoms with Crippen molar-refractivity contribution in [2.75, 3.05) is 26.7 Å². The van der Waals surface area contributed by atoms with Crippen molar-refractivity contribution in [2.45, 2.75) is 19.4 Å². The SMILES string of the molecule is CN(Cc1cccc(Cl)c1Cl)CC1CCNCC1.Cl. The maximum Gasteiger partial charge on any atom is 0.0637 e. The second-order valence-electron chi connectivity index (χ2n) is 5.10. The van der Waals surface area contributed by atoms with Crippen LogP contribution in [0.1, 0.15) is 18.4 Å². The Morgan fingerprint density at radius 2 is 1.95 bits per heavy atom. The Balaban J connectivity index is 0.00000180. The highest BCUT2D eigenvalue weighted by atomic mass is 35.5. The topological polar surface area (TPSA) is 15.3 Å². The summed E-state index contributed by atoms with van der Waals surface area (Å²) < 4.78 is 0. The van der Waals surface area contributed by atoms with Crippen LogP contribution in [-0.2, 0) is 6.54 Å². The lowest BCUT2D eigenvalue weighted by Crippen LogP contribution is -2.34. The van der Waals surface area contributed by atoms with E-state index in [0.717, 1.165) is 37.7 Å². The largest absolute Gasteiger partial charge is 0.317 e. The lowest BCUT2D eigenvalue weighted by molar-refractivity contribution is 0.234. The zero-order valence-electron chi connectivity index (χ0n) is 11.2. The molecule has 0 aliphatic carbocycles. The summed E-state index contributed by atoms with van der Waals surface area (Å²) in [7, 11) is 2.15. The number of hydrogen-bond donors (Lipinski definition) is 1. The molecule has 1 fully saturated rings. The lowest BCUT2D eigenvalue weighted by atomic mass is 9.97. The lowest BCUT2D eigenvalue weighted by Gasteiger charge is -2.27. The van der Waals surface area contributed by atoms with Crippen LogP contribution in [0.25, 0.3) is 0 Å². The maximum atomic E-state index is 6.21. The van der Waals surface area contributed by atoms with E-state index in [0.29, 0.717) is 10.0 Å². The first kappa shape index (κ1) is 17.1. The molecule has 1 aliphatic heterocycles. The summed E-state index contributed by atoms with van der Waals surface area (Å²) in [4.78, 5) is 2.34. The van der Waals surface area contributed by atoms with Gasteiger partial charge in [-0.25, -0.2) is 0 Å². The second kappa shape index (κ2) is 8.33. The highest BCUT2D eigenvalue weighted by Crippen LogP contribution is 2.26. The minimum Gasteiger partial charge on any atom is -0.317 e. The Morgan fingerprint density at radius 1 is 1.26 bits per heavy atom. The number of nitrogens with one attached hydrogen (secondary N) is 1. The maximum absolute atomic E-state index is 6.21. The smallest absolute Gasteiger partial charge is 0.0637 e. The molecule has 1 aromatic rings. The zero-order chi connectivity index (χ0) is 13.0. The Bertz CT molecular complexity index is 392. The van der Waals surface area contributed by atoms with Crippen molar-refractivity contribution in [2.24, 2.45) is 5.92 Å². The molecule has 1 N–H and O–H groups in total. The predicted molar refractivity (Wildman–Crippen MR) is 85.6 cm³/mol. The van der Waals surface area contributed by atoms with Crippen molar-refractivity contribution >= 4 is 35.6 Å². The third kappa shape index (κ3) is 5.13. The third-order valence-corrected chi connectivity index (χ3v) is 4.36. The van der Waals surface area contributed by atoms with Gasteiger partial charge < -0.3 is 10.2 Å². The standard InChI is InChI=1S/C14H20Cl2N2.ClH/c1-18(9-11-5-7-17-8-6-11)10-12-3-2-4-13(15)14(12)16;/h2-4,11,17H,5-10H2,1H3;1H. The van der Waals surface area contributed by atoms with Gasteiger partial charge in [-0.15, -0.1) is 12.4 Å². The van der Waals surface area contributed by atoms with E-state index in [9.17, 15) is 0 Å². The first-order valence-electron chi connectivity index (χ1n) is 6.49. The molecule has 1 saturated heterocycles. The highest BCUT2D eigenvalue weighted by Gasteiger charge is 2.15.